The zero-order chi connectivity index (χ0) is 12.1. The van der Waals surface area contributed by atoms with E-state index in [1.54, 1.807) is 19.1 Å². The van der Waals surface area contributed by atoms with Gasteiger partial charge in [-0.2, -0.15) is 0 Å². The van der Waals surface area contributed by atoms with E-state index in [-0.39, 0.29) is 17.9 Å². The summed E-state index contributed by atoms with van der Waals surface area (Å²) in [5, 5.41) is 9.44. The monoisotopic (exact) mass is 227 g/mol. The van der Waals surface area contributed by atoms with Crippen LogP contribution in [0.3, 0.4) is 0 Å². The van der Waals surface area contributed by atoms with Crippen LogP contribution in [0.4, 0.5) is 4.39 Å². The molecular weight excluding hydrogens is 213 g/mol. The summed E-state index contributed by atoms with van der Waals surface area (Å²) in [6.07, 6.45) is -1.98. The van der Waals surface area contributed by atoms with Gasteiger partial charge in [-0.3, -0.25) is 0 Å². The van der Waals surface area contributed by atoms with Gasteiger partial charge in [-0.25, -0.2) is 9.18 Å². The van der Waals surface area contributed by atoms with Crippen molar-refractivity contribution in [3.63, 3.8) is 0 Å². The van der Waals surface area contributed by atoms with Crippen LogP contribution in [0.2, 0.25) is 0 Å². The molecule has 1 rings (SSSR count). The second-order valence-electron chi connectivity index (χ2n) is 3.24. The molecule has 5 heteroatoms. The number of carbonyl (C=O) groups is 1. The van der Waals surface area contributed by atoms with Crippen molar-refractivity contribution < 1.29 is 19.0 Å². The molecule has 1 unspecified atom stereocenters. The van der Waals surface area contributed by atoms with Crippen molar-refractivity contribution >= 4 is 5.97 Å². The number of carbonyl (C=O) groups excluding carboxylic acids is 1. The number of hydrogen-bond acceptors (Lipinski definition) is 4. The molecule has 3 N–H and O–H groups in total. The molecule has 0 aliphatic heterocycles. The first kappa shape index (κ1) is 12.4. The number of ether oxygens (including phenoxy) is 1. The van der Waals surface area contributed by atoms with E-state index < -0.39 is 18.2 Å². The summed E-state index contributed by atoms with van der Waals surface area (Å²) >= 11 is 0. The molecule has 0 fully saturated rings. The van der Waals surface area contributed by atoms with Crippen LogP contribution in [0.15, 0.2) is 24.3 Å². The van der Waals surface area contributed by atoms with E-state index in [0.717, 1.165) is 0 Å². The van der Waals surface area contributed by atoms with Gasteiger partial charge in [-0.1, -0.05) is 18.2 Å². The minimum atomic E-state index is -1.98. The fraction of sp³-hybridized carbons (Fsp3) is 0.364. The standard InChI is InChI=1S/C11H14FNO3/c1-2-16-11(15)9(12)10(13)7-5-3-4-6-8(7)14/h3-6,9-10,14H,2,13H2,1H3/t9?,10-/m1/s1. The van der Waals surface area contributed by atoms with Gasteiger partial charge in [-0.05, 0) is 13.0 Å². The van der Waals surface area contributed by atoms with E-state index in [9.17, 15) is 14.3 Å². The highest BCUT2D eigenvalue weighted by Crippen LogP contribution is 2.26. The fourth-order valence-corrected chi connectivity index (χ4v) is 1.30. The van der Waals surface area contributed by atoms with Crippen molar-refractivity contribution in [2.24, 2.45) is 5.73 Å². The Hall–Kier alpha value is -1.62. The van der Waals surface area contributed by atoms with Gasteiger partial charge in [0.25, 0.3) is 0 Å². The molecule has 0 aromatic heterocycles. The summed E-state index contributed by atoms with van der Waals surface area (Å²) in [5.41, 5.74) is 5.72. The molecular formula is C11H14FNO3. The van der Waals surface area contributed by atoms with Crippen LogP contribution in [0.5, 0.6) is 5.75 Å². The molecule has 0 saturated carbocycles. The summed E-state index contributed by atoms with van der Waals surface area (Å²) < 4.78 is 18.0. The number of aromatic hydroxyl groups is 1. The number of rotatable bonds is 4. The van der Waals surface area contributed by atoms with Gasteiger partial charge < -0.3 is 15.6 Å². The Morgan fingerprint density at radius 1 is 1.56 bits per heavy atom. The molecule has 88 valence electrons. The zero-order valence-electron chi connectivity index (χ0n) is 8.89. The minimum Gasteiger partial charge on any atom is -0.508 e. The molecule has 1 aromatic rings. The predicted octanol–water partition coefficient (Wildman–Crippen LogP) is 1.29. The van der Waals surface area contributed by atoms with Crippen LogP contribution in [-0.4, -0.2) is 23.9 Å². The van der Waals surface area contributed by atoms with Crippen LogP contribution < -0.4 is 5.73 Å². The Morgan fingerprint density at radius 3 is 2.75 bits per heavy atom. The average Bonchev–Trinajstić information content (AvgIpc) is 2.28. The number of hydrogen-bond donors (Lipinski definition) is 2. The van der Waals surface area contributed by atoms with E-state index in [0.29, 0.717) is 0 Å². The zero-order valence-corrected chi connectivity index (χ0v) is 8.89. The molecule has 0 aliphatic rings. The second kappa shape index (κ2) is 5.46. The Morgan fingerprint density at radius 2 is 2.19 bits per heavy atom. The Kier molecular flexibility index (Phi) is 4.25. The summed E-state index contributed by atoms with van der Waals surface area (Å²) in [5.74, 6) is -1.15. The number of halogens is 1. The lowest BCUT2D eigenvalue weighted by Gasteiger charge is -2.16. The number of alkyl halides is 1. The molecule has 0 bridgehead atoms. The molecule has 16 heavy (non-hydrogen) atoms. The van der Waals surface area contributed by atoms with Gasteiger partial charge >= 0.3 is 5.97 Å². The molecule has 0 saturated heterocycles. The van der Waals surface area contributed by atoms with Crippen molar-refractivity contribution in [1.29, 1.82) is 0 Å². The number of benzene rings is 1. The molecule has 0 spiro atoms. The van der Waals surface area contributed by atoms with Crippen molar-refractivity contribution in [2.45, 2.75) is 19.1 Å². The Bertz CT molecular complexity index is 370. The van der Waals surface area contributed by atoms with Gasteiger partial charge in [0, 0.05) is 5.56 Å². The van der Waals surface area contributed by atoms with Crippen molar-refractivity contribution in [3.05, 3.63) is 29.8 Å². The lowest BCUT2D eigenvalue weighted by atomic mass is 10.0. The Labute approximate surface area is 92.8 Å². The van der Waals surface area contributed by atoms with Crippen LogP contribution in [-0.2, 0) is 9.53 Å². The highest BCUT2D eigenvalue weighted by Gasteiger charge is 2.29. The van der Waals surface area contributed by atoms with Gasteiger partial charge in [0.05, 0.1) is 12.6 Å². The van der Waals surface area contributed by atoms with Gasteiger partial charge in [0.2, 0.25) is 6.17 Å². The maximum Gasteiger partial charge on any atom is 0.342 e. The van der Waals surface area contributed by atoms with Gasteiger partial charge in [0.15, 0.2) is 0 Å². The average molecular weight is 227 g/mol. The fourth-order valence-electron chi connectivity index (χ4n) is 1.30. The first-order valence-electron chi connectivity index (χ1n) is 4.92. The number of para-hydroxylation sites is 1. The number of phenolic OH excluding ortho intramolecular Hbond substituents is 1. The molecule has 0 radical (unpaired) electrons. The maximum atomic E-state index is 13.5. The summed E-state index contributed by atoms with van der Waals surface area (Å²) in [7, 11) is 0. The van der Waals surface area contributed by atoms with Gasteiger partial charge in [-0.15, -0.1) is 0 Å². The molecule has 2 atom stereocenters. The first-order valence-corrected chi connectivity index (χ1v) is 4.92. The number of phenols is 1. The minimum absolute atomic E-state index is 0.0900. The van der Waals surface area contributed by atoms with E-state index in [4.69, 9.17) is 5.73 Å². The molecule has 1 aromatic carbocycles. The van der Waals surface area contributed by atoms with E-state index >= 15 is 0 Å². The third kappa shape index (κ3) is 2.70. The topological polar surface area (TPSA) is 72.5 Å². The lowest BCUT2D eigenvalue weighted by Crippen LogP contribution is -2.31. The lowest BCUT2D eigenvalue weighted by molar-refractivity contribution is -0.149. The van der Waals surface area contributed by atoms with Crippen LogP contribution in [0, 0.1) is 0 Å². The molecule has 0 aliphatic carbocycles. The van der Waals surface area contributed by atoms with E-state index in [2.05, 4.69) is 4.74 Å². The van der Waals surface area contributed by atoms with Crippen LogP contribution >= 0.6 is 0 Å². The highest BCUT2D eigenvalue weighted by molar-refractivity contribution is 5.76. The third-order valence-electron chi connectivity index (χ3n) is 2.12. The smallest absolute Gasteiger partial charge is 0.342 e. The SMILES string of the molecule is CCOC(=O)C(F)[C@H](N)c1ccccc1O. The molecule has 0 amide bonds. The van der Waals surface area contributed by atoms with E-state index in [1.807, 2.05) is 0 Å². The summed E-state index contributed by atoms with van der Waals surface area (Å²) in [4.78, 5) is 11.1. The maximum absolute atomic E-state index is 13.5. The van der Waals surface area contributed by atoms with Crippen molar-refractivity contribution in [3.8, 4) is 5.75 Å². The van der Waals surface area contributed by atoms with Crippen LogP contribution in [0.1, 0.15) is 18.5 Å². The Balaban J connectivity index is 2.82. The normalized spacial score (nSPS) is 14.2. The third-order valence-corrected chi connectivity index (χ3v) is 2.12. The quantitative estimate of drug-likeness (QED) is 0.760. The molecule has 0 heterocycles. The van der Waals surface area contributed by atoms with Gasteiger partial charge in [0.1, 0.15) is 5.75 Å². The summed E-state index contributed by atoms with van der Waals surface area (Å²) in [6, 6.07) is 4.81. The predicted molar refractivity (Wildman–Crippen MR) is 56.6 cm³/mol. The largest absolute Gasteiger partial charge is 0.508 e. The second-order valence-corrected chi connectivity index (χ2v) is 3.24. The number of nitrogens with two attached hydrogens (primary N) is 1. The van der Waals surface area contributed by atoms with E-state index in [1.165, 1.54) is 12.1 Å². The van der Waals surface area contributed by atoms with Crippen molar-refractivity contribution in [1.82, 2.24) is 0 Å². The first-order chi connectivity index (χ1) is 7.57. The number of esters is 1. The van der Waals surface area contributed by atoms with Crippen LogP contribution in [0.25, 0.3) is 0 Å². The molecule has 4 nitrogen and oxygen atoms in total. The summed E-state index contributed by atoms with van der Waals surface area (Å²) in [6.45, 7) is 1.67. The highest BCUT2D eigenvalue weighted by atomic mass is 19.1. The van der Waals surface area contributed by atoms with Crippen molar-refractivity contribution in [2.75, 3.05) is 6.61 Å².